The van der Waals surface area contributed by atoms with Crippen molar-refractivity contribution in [3.63, 3.8) is 0 Å². The minimum absolute atomic E-state index is 0.596. The number of rotatable bonds is 4. The number of fused-ring (bicyclic) bond motifs is 3. The number of benzene rings is 1. The molecule has 1 aromatic carbocycles. The molecule has 1 N–H and O–H groups in total. The molecule has 2 atom stereocenters. The summed E-state index contributed by atoms with van der Waals surface area (Å²) in [6.45, 7) is 1.24. The van der Waals surface area contributed by atoms with E-state index in [2.05, 4.69) is 47.6 Å². The molecule has 3 aliphatic rings. The second-order valence-electron chi connectivity index (χ2n) is 7.07. The first-order chi connectivity index (χ1) is 9.80. The predicted molar refractivity (Wildman–Crippen MR) is 87.3 cm³/mol. The van der Waals surface area contributed by atoms with E-state index in [0.29, 0.717) is 4.75 Å². The van der Waals surface area contributed by atoms with Crippen LogP contribution in [0.5, 0.6) is 0 Å². The minimum atomic E-state index is 0.596. The maximum atomic E-state index is 3.99. The molecule has 0 spiro atoms. The van der Waals surface area contributed by atoms with Gasteiger partial charge in [-0.3, -0.25) is 0 Å². The monoisotopic (exact) mass is 287 g/mol. The van der Waals surface area contributed by atoms with E-state index < -0.39 is 0 Å². The Bertz CT molecular complexity index is 461. The molecule has 0 radical (unpaired) electrons. The lowest BCUT2D eigenvalue weighted by Gasteiger charge is -2.26. The van der Waals surface area contributed by atoms with Gasteiger partial charge in [-0.25, -0.2) is 0 Å². The van der Waals surface area contributed by atoms with E-state index in [1.807, 2.05) is 0 Å². The van der Waals surface area contributed by atoms with Crippen LogP contribution < -0.4 is 5.32 Å². The summed E-state index contributed by atoms with van der Waals surface area (Å²) in [5.41, 5.74) is 3.25. The summed E-state index contributed by atoms with van der Waals surface area (Å²) in [5.74, 6) is 1.75. The van der Waals surface area contributed by atoms with Crippen LogP contribution in [0.25, 0.3) is 0 Å². The Kier molecular flexibility index (Phi) is 3.35. The average Bonchev–Trinajstić information content (AvgIpc) is 3.17. The van der Waals surface area contributed by atoms with Crippen LogP contribution in [0.1, 0.15) is 36.8 Å². The van der Waals surface area contributed by atoms with Crippen LogP contribution in [0.3, 0.4) is 0 Å². The predicted octanol–water partition coefficient (Wildman–Crippen LogP) is 3.67. The molecule has 2 unspecified atom stereocenters. The summed E-state index contributed by atoms with van der Waals surface area (Å²) < 4.78 is 0.596. The summed E-state index contributed by atoms with van der Waals surface area (Å²) in [7, 11) is 0. The topological polar surface area (TPSA) is 12.0 Å². The van der Waals surface area contributed by atoms with Gasteiger partial charge in [-0.1, -0.05) is 24.3 Å². The maximum Gasteiger partial charge on any atom is 0.0282 e. The van der Waals surface area contributed by atoms with Gasteiger partial charge in [0.05, 0.1) is 0 Å². The molecule has 2 heteroatoms. The van der Waals surface area contributed by atoms with Crippen molar-refractivity contribution < 1.29 is 0 Å². The highest BCUT2D eigenvalue weighted by Crippen LogP contribution is 2.47. The van der Waals surface area contributed by atoms with Gasteiger partial charge in [0.15, 0.2) is 0 Å². The Morgan fingerprint density at radius 2 is 1.70 bits per heavy atom. The molecular weight excluding hydrogens is 262 g/mol. The van der Waals surface area contributed by atoms with Crippen molar-refractivity contribution in [3.05, 3.63) is 35.4 Å². The van der Waals surface area contributed by atoms with Gasteiger partial charge in [-0.2, -0.15) is 11.8 Å². The Balaban J connectivity index is 1.49. The fourth-order valence-electron chi connectivity index (χ4n) is 4.38. The molecule has 108 valence electrons. The highest BCUT2D eigenvalue weighted by molar-refractivity contribution is 8.00. The van der Waals surface area contributed by atoms with Gasteiger partial charge in [0.2, 0.25) is 0 Å². The lowest BCUT2D eigenvalue weighted by atomic mass is 9.94. The number of nitrogens with one attached hydrogen (secondary N) is 1. The van der Waals surface area contributed by atoms with E-state index in [4.69, 9.17) is 0 Å². The van der Waals surface area contributed by atoms with Gasteiger partial charge in [-0.15, -0.1) is 0 Å². The zero-order chi connectivity index (χ0) is 13.6. The molecule has 3 aliphatic carbocycles. The summed E-state index contributed by atoms with van der Waals surface area (Å²) in [4.78, 5) is 0. The highest BCUT2D eigenvalue weighted by atomic mass is 32.2. The molecule has 2 saturated carbocycles. The molecule has 0 aromatic heterocycles. The van der Waals surface area contributed by atoms with Crippen LogP contribution in [-0.4, -0.2) is 23.6 Å². The van der Waals surface area contributed by atoms with Gasteiger partial charge < -0.3 is 5.32 Å². The normalized spacial score (nSPS) is 33.5. The third-order valence-electron chi connectivity index (χ3n) is 5.91. The first-order valence-corrected chi connectivity index (χ1v) is 9.37. The molecule has 1 nitrogen and oxygen atoms in total. The smallest absolute Gasteiger partial charge is 0.0282 e. The van der Waals surface area contributed by atoms with Crippen molar-refractivity contribution in [2.45, 2.75) is 49.3 Å². The second kappa shape index (κ2) is 5.06. The number of hydrogen-bond acceptors (Lipinski definition) is 2. The van der Waals surface area contributed by atoms with E-state index >= 15 is 0 Å². The van der Waals surface area contributed by atoms with Crippen molar-refractivity contribution in [2.24, 2.45) is 11.8 Å². The summed E-state index contributed by atoms with van der Waals surface area (Å²) in [5, 5.41) is 3.99. The third-order valence-corrected chi connectivity index (χ3v) is 7.33. The fraction of sp³-hybridized carbons (Fsp3) is 0.667. The molecule has 20 heavy (non-hydrogen) atoms. The van der Waals surface area contributed by atoms with Crippen LogP contribution in [0.15, 0.2) is 24.3 Å². The summed E-state index contributed by atoms with van der Waals surface area (Å²) in [6, 6.07) is 9.92. The van der Waals surface area contributed by atoms with Gasteiger partial charge in [0, 0.05) is 17.3 Å². The van der Waals surface area contributed by atoms with E-state index in [1.54, 1.807) is 11.1 Å². The Morgan fingerprint density at radius 1 is 1.10 bits per heavy atom. The zero-order valence-electron chi connectivity index (χ0n) is 12.4. The number of thioether (sulfide) groups is 1. The van der Waals surface area contributed by atoms with E-state index in [-0.39, 0.29) is 0 Å². The van der Waals surface area contributed by atoms with Crippen LogP contribution in [0.2, 0.25) is 0 Å². The van der Waals surface area contributed by atoms with E-state index in [1.165, 1.54) is 45.1 Å². The average molecular weight is 287 g/mol. The van der Waals surface area contributed by atoms with Crippen LogP contribution in [0, 0.1) is 11.8 Å². The molecule has 2 bridgehead atoms. The Hall–Kier alpha value is -0.470. The standard InChI is InChI=1S/C18H25NS/c1-20-18(8-9-18)12-19-17-15-6-7-16(17)11-14-5-3-2-4-13(14)10-15/h2-5,15-17,19H,6-12H2,1H3. The van der Waals surface area contributed by atoms with Crippen molar-refractivity contribution in [2.75, 3.05) is 12.8 Å². The largest absolute Gasteiger partial charge is 0.312 e. The lowest BCUT2D eigenvalue weighted by molar-refractivity contribution is 0.341. The molecular formula is C18H25NS. The molecule has 0 amide bonds. The van der Waals surface area contributed by atoms with Gasteiger partial charge >= 0.3 is 0 Å². The lowest BCUT2D eigenvalue weighted by Crippen LogP contribution is -2.42. The molecule has 1 aromatic rings. The van der Waals surface area contributed by atoms with E-state index in [0.717, 1.165) is 17.9 Å². The maximum absolute atomic E-state index is 3.99. The minimum Gasteiger partial charge on any atom is -0.312 e. The van der Waals surface area contributed by atoms with Gasteiger partial charge in [0.1, 0.15) is 0 Å². The van der Waals surface area contributed by atoms with Crippen molar-refractivity contribution in [3.8, 4) is 0 Å². The van der Waals surface area contributed by atoms with Crippen LogP contribution in [0.4, 0.5) is 0 Å². The zero-order valence-corrected chi connectivity index (χ0v) is 13.2. The quantitative estimate of drug-likeness (QED) is 0.907. The summed E-state index contributed by atoms with van der Waals surface area (Å²) >= 11 is 2.08. The SMILES string of the molecule is CSC1(CNC2C3CCC2Cc2ccccc2C3)CC1. The highest BCUT2D eigenvalue weighted by Gasteiger charge is 2.44. The fourth-order valence-corrected chi connectivity index (χ4v) is 5.12. The van der Waals surface area contributed by atoms with Crippen LogP contribution >= 0.6 is 11.8 Å². The molecule has 0 saturated heterocycles. The Morgan fingerprint density at radius 3 is 2.20 bits per heavy atom. The van der Waals surface area contributed by atoms with Crippen molar-refractivity contribution >= 4 is 11.8 Å². The summed E-state index contributed by atoms with van der Waals surface area (Å²) in [6.07, 6.45) is 10.6. The van der Waals surface area contributed by atoms with Gasteiger partial charge in [-0.05, 0) is 67.7 Å². The van der Waals surface area contributed by atoms with Crippen molar-refractivity contribution in [1.82, 2.24) is 5.32 Å². The van der Waals surface area contributed by atoms with Crippen LogP contribution in [-0.2, 0) is 12.8 Å². The second-order valence-corrected chi connectivity index (χ2v) is 8.34. The molecule has 0 aliphatic heterocycles. The third kappa shape index (κ3) is 2.31. The number of hydrogen-bond donors (Lipinski definition) is 1. The van der Waals surface area contributed by atoms with E-state index in [9.17, 15) is 0 Å². The first-order valence-electron chi connectivity index (χ1n) is 8.15. The Labute approximate surface area is 126 Å². The molecule has 4 rings (SSSR count). The first kappa shape index (κ1) is 13.2. The molecule has 0 heterocycles. The van der Waals surface area contributed by atoms with Crippen molar-refractivity contribution in [1.29, 1.82) is 0 Å². The van der Waals surface area contributed by atoms with Gasteiger partial charge in [0.25, 0.3) is 0 Å². The molecule has 2 fully saturated rings.